The molecule has 2 fully saturated rings. The van der Waals surface area contributed by atoms with Gasteiger partial charge in [0.2, 0.25) is 0 Å². The third-order valence-electron chi connectivity index (χ3n) is 3.52. The summed E-state index contributed by atoms with van der Waals surface area (Å²) >= 11 is 0. The van der Waals surface area contributed by atoms with Crippen molar-refractivity contribution in [1.82, 2.24) is 4.90 Å². The first-order valence-corrected chi connectivity index (χ1v) is 5.93. The lowest BCUT2D eigenvalue weighted by Gasteiger charge is -2.21. The van der Waals surface area contributed by atoms with Gasteiger partial charge in [0.1, 0.15) is 0 Å². The Labute approximate surface area is 104 Å². The fraction of sp³-hybridized carbons (Fsp3) is 1.00. The van der Waals surface area contributed by atoms with Crippen LogP contribution in [0.2, 0.25) is 0 Å². The molecule has 0 aromatic heterocycles. The molecule has 0 aromatic rings. The van der Waals surface area contributed by atoms with Crippen molar-refractivity contribution in [2.45, 2.75) is 12.8 Å². The Hall–Kier alpha value is 0.130. The van der Waals surface area contributed by atoms with Gasteiger partial charge in [0.15, 0.2) is 0 Å². The van der Waals surface area contributed by atoms with Gasteiger partial charge in [-0.25, -0.2) is 0 Å². The second kappa shape index (κ2) is 6.77. The Balaban J connectivity index is 0.00000128. The van der Waals surface area contributed by atoms with E-state index < -0.39 is 0 Å². The van der Waals surface area contributed by atoms with Crippen LogP contribution in [0.15, 0.2) is 0 Å². The second-order valence-electron chi connectivity index (χ2n) is 4.73. The molecule has 4 nitrogen and oxygen atoms in total. The summed E-state index contributed by atoms with van der Waals surface area (Å²) in [6.45, 7) is 7.48. The monoisotopic (exact) mass is 250 g/mol. The Kier molecular flexibility index (Phi) is 6.00. The highest BCUT2D eigenvalue weighted by Gasteiger charge is 2.40. The lowest BCUT2D eigenvalue weighted by atomic mass is 9.87. The molecule has 2 saturated heterocycles. The standard InChI is InChI=1S/C11H22N2O2.ClH/c12-3-7-14-8-5-13-4-1-11(9-13)2-6-15-10-11;/h1-10,12H2;1H. The fourth-order valence-corrected chi connectivity index (χ4v) is 2.57. The smallest absolute Gasteiger partial charge is 0.0594 e. The Morgan fingerprint density at radius 3 is 2.88 bits per heavy atom. The predicted molar refractivity (Wildman–Crippen MR) is 66.0 cm³/mol. The van der Waals surface area contributed by atoms with E-state index in [0.29, 0.717) is 18.6 Å². The molecule has 1 unspecified atom stereocenters. The minimum Gasteiger partial charge on any atom is -0.381 e. The van der Waals surface area contributed by atoms with Crippen molar-refractivity contribution in [3.8, 4) is 0 Å². The molecule has 0 amide bonds. The van der Waals surface area contributed by atoms with Crippen LogP contribution < -0.4 is 5.73 Å². The molecule has 2 heterocycles. The number of halogens is 1. The zero-order chi connectivity index (χ0) is 10.6. The maximum absolute atomic E-state index is 5.50. The van der Waals surface area contributed by atoms with Gasteiger partial charge in [-0.15, -0.1) is 12.4 Å². The van der Waals surface area contributed by atoms with Crippen molar-refractivity contribution in [3.05, 3.63) is 0 Å². The lowest BCUT2D eigenvalue weighted by Crippen LogP contribution is -2.30. The molecule has 2 aliphatic heterocycles. The topological polar surface area (TPSA) is 47.7 Å². The molecular weight excluding hydrogens is 228 g/mol. The molecule has 5 heteroatoms. The number of hydrogen-bond acceptors (Lipinski definition) is 4. The van der Waals surface area contributed by atoms with E-state index >= 15 is 0 Å². The normalized spacial score (nSPS) is 29.8. The van der Waals surface area contributed by atoms with Crippen molar-refractivity contribution in [1.29, 1.82) is 0 Å². The molecule has 0 saturated carbocycles. The van der Waals surface area contributed by atoms with E-state index in [1.165, 1.54) is 25.9 Å². The zero-order valence-electron chi connectivity index (χ0n) is 9.82. The summed E-state index contributed by atoms with van der Waals surface area (Å²) in [5.41, 5.74) is 5.84. The van der Waals surface area contributed by atoms with Gasteiger partial charge >= 0.3 is 0 Å². The number of hydrogen-bond donors (Lipinski definition) is 1. The predicted octanol–water partition coefficient (Wildman–Crippen LogP) is 0.496. The molecular formula is C11H23ClN2O2. The summed E-state index contributed by atoms with van der Waals surface area (Å²) in [5, 5.41) is 0. The van der Waals surface area contributed by atoms with E-state index in [9.17, 15) is 0 Å². The van der Waals surface area contributed by atoms with Gasteiger partial charge in [-0.2, -0.15) is 0 Å². The number of nitrogens with two attached hydrogens (primary N) is 1. The maximum Gasteiger partial charge on any atom is 0.0594 e. The third kappa shape index (κ3) is 3.57. The SMILES string of the molecule is Cl.NCCOCCN1CCC2(CCOC2)C1. The van der Waals surface area contributed by atoms with Gasteiger partial charge in [-0.1, -0.05) is 0 Å². The average molecular weight is 251 g/mol. The van der Waals surface area contributed by atoms with Crippen LogP contribution in [0.4, 0.5) is 0 Å². The molecule has 96 valence electrons. The summed E-state index contributed by atoms with van der Waals surface area (Å²) in [6, 6.07) is 0. The van der Waals surface area contributed by atoms with E-state index in [2.05, 4.69) is 4.90 Å². The third-order valence-corrected chi connectivity index (χ3v) is 3.52. The van der Waals surface area contributed by atoms with Crippen LogP contribution >= 0.6 is 12.4 Å². The van der Waals surface area contributed by atoms with Crippen molar-refractivity contribution in [3.63, 3.8) is 0 Å². The van der Waals surface area contributed by atoms with E-state index in [0.717, 1.165) is 26.4 Å². The highest BCUT2D eigenvalue weighted by atomic mass is 35.5. The van der Waals surface area contributed by atoms with Gasteiger partial charge in [-0.3, -0.25) is 0 Å². The van der Waals surface area contributed by atoms with Gasteiger partial charge in [0.25, 0.3) is 0 Å². The minimum absolute atomic E-state index is 0. The van der Waals surface area contributed by atoms with Gasteiger partial charge in [0, 0.05) is 31.7 Å². The fourth-order valence-electron chi connectivity index (χ4n) is 2.57. The highest BCUT2D eigenvalue weighted by Crippen LogP contribution is 2.37. The largest absolute Gasteiger partial charge is 0.381 e. The van der Waals surface area contributed by atoms with Gasteiger partial charge in [-0.05, 0) is 19.4 Å². The molecule has 0 aliphatic carbocycles. The molecule has 0 radical (unpaired) electrons. The molecule has 2 rings (SSSR count). The molecule has 1 spiro atoms. The lowest BCUT2D eigenvalue weighted by molar-refractivity contribution is 0.109. The number of ether oxygens (including phenoxy) is 2. The van der Waals surface area contributed by atoms with Crippen LogP contribution in [-0.2, 0) is 9.47 Å². The highest BCUT2D eigenvalue weighted by molar-refractivity contribution is 5.85. The molecule has 2 N–H and O–H groups in total. The second-order valence-corrected chi connectivity index (χ2v) is 4.73. The van der Waals surface area contributed by atoms with Crippen molar-refractivity contribution in [2.75, 3.05) is 52.6 Å². The van der Waals surface area contributed by atoms with Crippen LogP contribution in [-0.4, -0.2) is 57.5 Å². The molecule has 16 heavy (non-hydrogen) atoms. The van der Waals surface area contributed by atoms with E-state index in [1.54, 1.807) is 0 Å². The summed E-state index contributed by atoms with van der Waals surface area (Å²) in [5.74, 6) is 0. The van der Waals surface area contributed by atoms with Crippen LogP contribution in [0.25, 0.3) is 0 Å². The number of likely N-dealkylation sites (tertiary alicyclic amines) is 1. The Bertz CT molecular complexity index is 198. The van der Waals surface area contributed by atoms with Crippen LogP contribution in [0, 0.1) is 5.41 Å². The van der Waals surface area contributed by atoms with Crippen LogP contribution in [0.5, 0.6) is 0 Å². The number of nitrogens with zero attached hydrogens (tertiary/aromatic N) is 1. The Morgan fingerprint density at radius 1 is 1.31 bits per heavy atom. The number of rotatable bonds is 5. The maximum atomic E-state index is 5.50. The van der Waals surface area contributed by atoms with E-state index in [-0.39, 0.29) is 12.4 Å². The first-order chi connectivity index (χ1) is 7.35. The van der Waals surface area contributed by atoms with E-state index in [4.69, 9.17) is 15.2 Å². The molecule has 0 aromatic carbocycles. The van der Waals surface area contributed by atoms with Crippen LogP contribution in [0.1, 0.15) is 12.8 Å². The van der Waals surface area contributed by atoms with Crippen LogP contribution in [0.3, 0.4) is 0 Å². The molecule has 1 atom stereocenters. The minimum atomic E-state index is 0. The van der Waals surface area contributed by atoms with E-state index in [1.807, 2.05) is 0 Å². The molecule has 2 aliphatic rings. The van der Waals surface area contributed by atoms with Gasteiger partial charge < -0.3 is 20.1 Å². The zero-order valence-corrected chi connectivity index (χ0v) is 10.6. The first-order valence-electron chi connectivity index (χ1n) is 5.93. The summed E-state index contributed by atoms with van der Waals surface area (Å²) < 4.78 is 10.9. The molecule has 0 bridgehead atoms. The van der Waals surface area contributed by atoms with Crippen molar-refractivity contribution in [2.24, 2.45) is 11.1 Å². The van der Waals surface area contributed by atoms with Crippen molar-refractivity contribution < 1.29 is 9.47 Å². The Morgan fingerprint density at radius 2 is 2.19 bits per heavy atom. The summed E-state index contributed by atoms with van der Waals surface area (Å²) in [4.78, 5) is 2.49. The summed E-state index contributed by atoms with van der Waals surface area (Å²) in [7, 11) is 0. The quantitative estimate of drug-likeness (QED) is 0.722. The van der Waals surface area contributed by atoms with Crippen molar-refractivity contribution >= 4 is 12.4 Å². The van der Waals surface area contributed by atoms with Gasteiger partial charge in [0.05, 0.1) is 19.8 Å². The average Bonchev–Trinajstić information content (AvgIpc) is 2.85. The first kappa shape index (κ1) is 14.2. The summed E-state index contributed by atoms with van der Waals surface area (Å²) in [6.07, 6.45) is 2.54.